The van der Waals surface area contributed by atoms with Gasteiger partial charge < -0.3 is 0 Å². The highest BCUT2D eigenvalue weighted by atomic mass is 127. The van der Waals surface area contributed by atoms with Crippen LogP contribution >= 0.6 is 22.6 Å². The smallest absolute Gasteiger partial charge is 0.0181 e. The van der Waals surface area contributed by atoms with Crippen molar-refractivity contribution in [3.63, 3.8) is 0 Å². The van der Waals surface area contributed by atoms with E-state index in [4.69, 9.17) is 6.42 Å². The standard InChI is InChI=1S/C6H9I.C6H10/c1-2-3-4-5-6-7;1-3-5-6-4-2/h2-4H2,1H3;1H,4-6H2,2H3. The summed E-state index contributed by atoms with van der Waals surface area (Å²) in [5, 5.41) is 0. The monoisotopic (exact) mass is 290 g/mol. The van der Waals surface area contributed by atoms with Crippen molar-refractivity contribution in [1.29, 1.82) is 0 Å². The molecular weight excluding hydrogens is 271 g/mol. The van der Waals surface area contributed by atoms with E-state index < -0.39 is 0 Å². The van der Waals surface area contributed by atoms with Crippen molar-refractivity contribution >= 4 is 22.6 Å². The van der Waals surface area contributed by atoms with Crippen LogP contribution in [0.3, 0.4) is 0 Å². The van der Waals surface area contributed by atoms with E-state index in [-0.39, 0.29) is 0 Å². The number of terminal acetylenes is 1. The van der Waals surface area contributed by atoms with E-state index in [9.17, 15) is 0 Å². The Morgan fingerprint density at radius 1 is 1.08 bits per heavy atom. The van der Waals surface area contributed by atoms with Gasteiger partial charge in [-0.05, 0) is 16.8 Å². The van der Waals surface area contributed by atoms with Gasteiger partial charge in [0, 0.05) is 35.4 Å². The van der Waals surface area contributed by atoms with Crippen molar-refractivity contribution in [2.75, 3.05) is 0 Å². The first-order valence-corrected chi connectivity index (χ1v) is 5.93. The van der Waals surface area contributed by atoms with Crippen LogP contribution in [0.5, 0.6) is 0 Å². The average molecular weight is 290 g/mol. The van der Waals surface area contributed by atoms with Crippen molar-refractivity contribution in [2.24, 2.45) is 0 Å². The molecule has 0 aromatic heterocycles. The summed E-state index contributed by atoms with van der Waals surface area (Å²) in [6, 6.07) is 0. The van der Waals surface area contributed by atoms with Crippen LogP contribution in [0.25, 0.3) is 0 Å². The van der Waals surface area contributed by atoms with E-state index in [1.807, 2.05) is 0 Å². The summed E-state index contributed by atoms with van der Waals surface area (Å²) in [6.45, 7) is 4.31. The Hall–Kier alpha value is -0.150. The Bertz CT molecular complexity index is 166. The van der Waals surface area contributed by atoms with E-state index in [2.05, 4.69) is 52.2 Å². The predicted molar refractivity (Wildman–Crippen MR) is 69.7 cm³/mol. The molecule has 0 aliphatic carbocycles. The van der Waals surface area contributed by atoms with E-state index in [0.29, 0.717) is 0 Å². The van der Waals surface area contributed by atoms with Crippen LogP contribution in [0.4, 0.5) is 0 Å². The lowest BCUT2D eigenvalue weighted by atomic mass is 10.3. The third kappa shape index (κ3) is 24.5. The molecule has 0 N–H and O–H groups in total. The van der Waals surface area contributed by atoms with Crippen molar-refractivity contribution in [1.82, 2.24) is 0 Å². The Kier molecular flexibility index (Phi) is 21.0. The normalized spacial score (nSPS) is 7.23. The minimum Gasteiger partial charge on any atom is -0.120 e. The van der Waals surface area contributed by atoms with Crippen LogP contribution in [0.2, 0.25) is 0 Å². The number of unbranched alkanes of at least 4 members (excludes halogenated alkanes) is 4. The molecule has 0 unspecified atom stereocenters. The van der Waals surface area contributed by atoms with Gasteiger partial charge in [-0.2, -0.15) is 0 Å². The van der Waals surface area contributed by atoms with Gasteiger partial charge >= 0.3 is 0 Å². The number of hydrogen-bond acceptors (Lipinski definition) is 0. The summed E-state index contributed by atoms with van der Waals surface area (Å²) in [5.41, 5.74) is 0. The van der Waals surface area contributed by atoms with Crippen molar-refractivity contribution in [3.8, 4) is 22.2 Å². The fraction of sp³-hybridized carbons (Fsp3) is 0.667. The lowest BCUT2D eigenvalue weighted by Gasteiger charge is -1.80. The van der Waals surface area contributed by atoms with Gasteiger partial charge in [-0.1, -0.05) is 32.6 Å². The van der Waals surface area contributed by atoms with E-state index >= 15 is 0 Å². The van der Waals surface area contributed by atoms with Crippen LogP contribution in [0.15, 0.2) is 0 Å². The number of rotatable bonds is 4. The lowest BCUT2D eigenvalue weighted by molar-refractivity contribution is 0.828. The van der Waals surface area contributed by atoms with Gasteiger partial charge in [0.15, 0.2) is 0 Å². The minimum atomic E-state index is 0.941. The molecule has 0 aromatic rings. The van der Waals surface area contributed by atoms with Crippen molar-refractivity contribution in [2.45, 2.75) is 52.4 Å². The van der Waals surface area contributed by atoms with Crippen molar-refractivity contribution in [3.05, 3.63) is 0 Å². The molecule has 0 saturated carbocycles. The van der Waals surface area contributed by atoms with Gasteiger partial charge in [-0.3, -0.25) is 0 Å². The molecule has 0 rings (SSSR count). The van der Waals surface area contributed by atoms with E-state index in [1.54, 1.807) is 0 Å². The Morgan fingerprint density at radius 3 is 1.92 bits per heavy atom. The van der Waals surface area contributed by atoms with Crippen LogP contribution in [0, 0.1) is 22.2 Å². The van der Waals surface area contributed by atoms with Gasteiger partial charge in [-0.15, -0.1) is 12.3 Å². The summed E-state index contributed by atoms with van der Waals surface area (Å²) < 4.78 is 2.82. The molecule has 1 heteroatoms. The molecule has 13 heavy (non-hydrogen) atoms. The second-order valence-corrected chi connectivity index (χ2v) is 3.22. The zero-order valence-corrected chi connectivity index (χ0v) is 10.9. The van der Waals surface area contributed by atoms with E-state index in [1.165, 1.54) is 25.7 Å². The summed E-state index contributed by atoms with van der Waals surface area (Å²) in [6.07, 6.45) is 11.9. The molecule has 0 atom stereocenters. The van der Waals surface area contributed by atoms with Crippen LogP contribution in [-0.2, 0) is 0 Å². The maximum atomic E-state index is 4.96. The Labute approximate surface area is 97.0 Å². The molecule has 0 radical (unpaired) electrons. The maximum Gasteiger partial charge on any atom is 0.0181 e. The largest absolute Gasteiger partial charge is 0.120 e. The van der Waals surface area contributed by atoms with Gasteiger partial charge in [0.1, 0.15) is 0 Å². The van der Waals surface area contributed by atoms with Gasteiger partial charge in [0.05, 0.1) is 0 Å². The lowest BCUT2D eigenvalue weighted by Crippen LogP contribution is -1.63. The average Bonchev–Trinajstić information content (AvgIpc) is 2.17. The van der Waals surface area contributed by atoms with Gasteiger partial charge in [0.25, 0.3) is 0 Å². The summed E-state index contributed by atoms with van der Waals surface area (Å²) in [7, 11) is 0. The van der Waals surface area contributed by atoms with Gasteiger partial charge in [-0.25, -0.2) is 0 Å². The second kappa shape index (κ2) is 17.8. The first-order valence-electron chi connectivity index (χ1n) is 4.85. The molecule has 0 aliphatic heterocycles. The van der Waals surface area contributed by atoms with E-state index in [0.717, 1.165) is 12.8 Å². The molecule has 0 fully saturated rings. The number of halogens is 1. The molecule has 0 bridgehead atoms. The molecule has 0 aromatic carbocycles. The third-order valence-corrected chi connectivity index (χ3v) is 1.78. The maximum absolute atomic E-state index is 4.96. The Balaban J connectivity index is 0. The highest BCUT2D eigenvalue weighted by molar-refractivity contribution is 14.1. The highest BCUT2D eigenvalue weighted by Gasteiger charge is 1.73. The van der Waals surface area contributed by atoms with Crippen LogP contribution in [-0.4, -0.2) is 0 Å². The minimum absolute atomic E-state index is 0.941. The fourth-order valence-electron chi connectivity index (χ4n) is 0.591. The number of hydrogen-bond donors (Lipinski definition) is 0. The first-order chi connectivity index (χ1) is 6.33. The topological polar surface area (TPSA) is 0 Å². The summed E-state index contributed by atoms with van der Waals surface area (Å²) >= 11 is 2.07. The summed E-state index contributed by atoms with van der Waals surface area (Å²) in [5.74, 6) is 5.55. The molecule has 74 valence electrons. The fourth-order valence-corrected chi connectivity index (χ4v) is 0.861. The molecule has 0 nitrogen and oxygen atoms in total. The molecule has 0 heterocycles. The zero-order valence-electron chi connectivity index (χ0n) is 8.70. The zero-order chi connectivity index (χ0) is 10.4. The first kappa shape index (κ1) is 15.3. The predicted octanol–water partition coefficient (Wildman–Crippen LogP) is 4.38. The molecule has 0 saturated heterocycles. The molecular formula is C12H19I. The SMILES string of the molecule is C#CCCCC.CCCCC#CI. The summed E-state index contributed by atoms with van der Waals surface area (Å²) in [4.78, 5) is 0. The third-order valence-electron chi connectivity index (χ3n) is 1.40. The van der Waals surface area contributed by atoms with Crippen LogP contribution < -0.4 is 0 Å². The van der Waals surface area contributed by atoms with Crippen molar-refractivity contribution < 1.29 is 0 Å². The highest BCUT2D eigenvalue weighted by Crippen LogP contribution is 1.90. The second-order valence-electron chi connectivity index (χ2n) is 2.68. The van der Waals surface area contributed by atoms with Gasteiger partial charge in [0.2, 0.25) is 0 Å². The Morgan fingerprint density at radius 2 is 1.62 bits per heavy atom. The quantitative estimate of drug-likeness (QED) is 0.409. The molecule has 0 amide bonds. The van der Waals surface area contributed by atoms with Crippen LogP contribution in [0.1, 0.15) is 52.4 Å². The molecule has 0 aliphatic rings. The molecule has 0 spiro atoms.